The highest BCUT2D eigenvalue weighted by Crippen LogP contribution is 2.15. The van der Waals surface area contributed by atoms with Gasteiger partial charge in [-0.05, 0) is 29.8 Å². The van der Waals surface area contributed by atoms with Crippen molar-refractivity contribution in [2.45, 2.75) is 6.54 Å². The maximum atomic E-state index is 13.3. The first kappa shape index (κ1) is 14.5. The van der Waals surface area contributed by atoms with E-state index in [4.69, 9.17) is 10.8 Å². The van der Waals surface area contributed by atoms with Crippen LogP contribution in [0, 0.1) is 5.82 Å². The minimum atomic E-state index is -1.02. The maximum Gasteiger partial charge on any atom is 0.335 e. The number of carbonyl (C=O) groups is 2. The lowest BCUT2D eigenvalue weighted by Gasteiger charge is -2.08. The van der Waals surface area contributed by atoms with E-state index in [-0.39, 0.29) is 23.4 Å². The molecule has 4 N–H and O–H groups in total. The first-order valence-corrected chi connectivity index (χ1v) is 6.13. The van der Waals surface area contributed by atoms with Gasteiger partial charge in [0.05, 0.1) is 16.8 Å². The number of nitrogens with two attached hydrogens (primary N) is 1. The van der Waals surface area contributed by atoms with Crippen LogP contribution < -0.4 is 11.1 Å². The van der Waals surface area contributed by atoms with E-state index in [1.807, 2.05) is 0 Å². The number of carboxylic acid groups (broad SMARTS) is 1. The van der Waals surface area contributed by atoms with Crippen molar-refractivity contribution >= 4 is 17.6 Å². The van der Waals surface area contributed by atoms with Gasteiger partial charge in [-0.3, -0.25) is 4.79 Å². The summed E-state index contributed by atoms with van der Waals surface area (Å²) < 4.78 is 13.3. The predicted octanol–water partition coefficient (Wildman–Crippen LogP) is 2.04. The molecule has 0 aliphatic rings. The van der Waals surface area contributed by atoms with Crippen molar-refractivity contribution < 1.29 is 19.1 Å². The molecule has 0 aliphatic heterocycles. The van der Waals surface area contributed by atoms with Crippen LogP contribution in [0.1, 0.15) is 26.3 Å². The highest BCUT2D eigenvalue weighted by molar-refractivity contribution is 5.99. The summed E-state index contributed by atoms with van der Waals surface area (Å²) in [6.45, 7) is 0.189. The molecule has 1 amide bonds. The molecule has 2 rings (SSSR count). The molecule has 2 aromatic carbocycles. The van der Waals surface area contributed by atoms with Crippen LogP contribution in [0.15, 0.2) is 42.5 Å². The molecule has 0 bridgehead atoms. The van der Waals surface area contributed by atoms with Crippen LogP contribution in [0.2, 0.25) is 0 Å². The van der Waals surface area contributed by atoms with Crippen molar-refractivity contribution in [3.05, 3.63) is 65.0 Å². The molecule has 0 aliphatic carbocycles. The fourth-order valence-corrected chi connectivity index (χ4v) is 1.78. The average molecular weight is 288 g/mol. The standard InChI is InChI=1S/C15H13FN2O3/c16-12-3-1-2-11(13(12)17)14(19)18-8-9-4-6-10(7-5-9)15(20)21/h1-7H,8,17H2,(H,18,19)(H,20,21). The van der Waals surface area contributed by atoms with E-state index in [9.17, 15) is 14.0 Å². The molecule has 5 nitrogen and oxygen atoms in total. The molecule has 2 aromatic rings. The second-order valence-corrected chi connectivity index (χ2v) is 4.39. The average Bonchev–Trinajstić information content (AvgIpc) is 2.48. The third-order valence-electron chi connectivity index (χ3n) is 2.95. The number of hydrogen-bond acceptors (Lipinski definition) is 3. The summed E-state index contributed by atoms with van der Waals surface area (Å²) in [7, 11) is 0. The van der Waals surface area contributed by atoms with Crippen molar-refractivity contribution in [2.24, 2.45) is 0 Å². The lowest BCUT2D eigenvalue weighted by atomic mass is 10.1. The smallest absolute Gasteiger partial charge is 0.335 e. The molecule has 0 atom stereocenters. The van der Waals surface area contributed by atoms with E-state index in [2.05, 4.69) is 5.32 Å². The van der Waals surface area contributed by atoms with Crippen LogP contribution in [0.25, 0.3) is 0 Å². The van der Waals surface area contributed by atoms with Crippen LogP contribution in [0.3, 0.4) is 0 Å². The molecule has 0 unspecified atom stereocenters. The highest BCUT2D eigenvalue weighted by Gasteiger charge is 2.12. The van der Waals surface area contributed by atoms with Crippen LogP contribution in [0.5, 0.6) is 0 Å². The Bertz CT molecular complexity index is 684. The Labute approximate surface area is 120 Å². The summed E-state index contributed by atoms with van der Waals surface area (Å²) >= 11 is 0. The second-order valence-electron chi connectivity index (χ2n) is 4.39. The summed E-state index contributed by atoms with van der Waals surface area (Å²) in [4.78, 5) is 22.6. The first-order chi connectivity index (χ1) is 9.99. The highest BCUT2D eigenvalue weighted by atomic mass is 19.1. The number of halogens is 1. The molecule has 0 heterocycles. The number of rotatable bonds is 4. The summed E-state index contributed by atoms with van der Waals surface area (Å²) in [6, 6.07) is 10.1. The predicted molar refractivity (Wildman–Crippen MR) is 75.4 cm³/mol. The van der Waals surface area contributed by atoms with Gasteiger partial charge < -0.3 is 16.2 Å². The maximum absolute atomic E-state index is 13.3. The minimum absolute atomic E-state index is 0.0668. The number of carbonyl (C=O) groups excluding carboxylic acids is 1. The quantitative estimate of drug-likeness (QED) is 0.751. The monoisotopic (exact) mass is 288 g/mol. The van der Waals surface area contributed by atoms with E-state index in [1.54, 1.807) is 12.1 Å². The zero-order valence-corrected chi connectivity index (χ0v) is 11.0. The summed E-state index contributed by atoms with van der Waals surface area (Å²) in [5.74, 6) is -2.15. The molecule has 0 saturated heterocycles. The van der Waals surface area contributed by atoms with Gasteiger partial charge in [-0.1, -0.05) is 18.2 Å². The van der Waals surface area contributed by atoms with E-state index >= 15 is 0 Å². The molecular weight excluding hydrogens is 275 g/mol. The SMILES string of the molecule is Nc1c(F)cccc1C(=O)NCc1ccc(C(=O)O)cc1. The fourth-order valence-electron chi connectivity index (χ4n) is 1.78. The number of aromatic carboxylic acids is 1. The van der Waals surface area contributed by atoms with E-state index < -0.39 is 17.7 Å². The Balaban J connectivity index is 2.04. The van der Waals surface area contributed by atoms with Gasteiger partial charge in [0.2, 0.25) is 0 Å². The third kappa shape index (κ3) is 3.36. The molecule has 0 aromatic heterocycles. The normalized spacial score (nSPS) is 10.1. The molecule has 21 heavy (non-hydrogen) atoms. The van der Waals surface area contributed by atoms with E-state index in [1.165, 1.54) is 30.3 Å². The number of anilines is 1. The summed E-state index contributed by atoms with van der Waals surface area (Å²) in [5.41, 5.74) is 6.26. The molecule has 0 fully saturated rings. The zero-order valence-electron chi connectivity index (χ0n) is 11.0. The van der Waals surface area contributed by atoms with E-state index in [0.717, 1.165) is 5.56 Å². The first-order valence-electron chi connectivity index (χ1n) is 6.13. The molecule has 0 saturated carbocycles. The van der Waals surface area contributed by atoms with Gasteiger partial charge in [-0.25, -0.2) is 9.18 Å². The van der Waals surface area contributed by atoms with Gasteiger partial charge in [0.25, 0.3) is 5.91 Å². The van der Waals surface area contributed by atoms with Gasteiger partial charge in [0.15, 0.2) is 0 Å². The number of nitrogens with one attached hydrogen (secondary N) is 1. The Hall–Kier alpha value is -2.89. The molecule has 0 radical (unpaired) electrons. The molecule has 0 spiro atoms. The molecular formula is C15H13FN2O3. The van der Waals surface area contributed by atoms with Gasteiger partial charge in [0.1, 0.15) is 5.82 Å². The minimum Gasteiger partial charge on any atom is -0.478 e. The van der Waals surface area contributed by atoms with Crippen molar-refractivity contribution in [3.63, 3.8) is 0 Å². The molecule has 6 heteroatoms. The topological polar surface area (TPSA) is 92.4 Å². The van der Waals surface area contributed by atoms with Crippen molar-refractivity contribution in [1.82, 2.24) is 5.32 Å². The summed E-state index contributed by atoms with van der Waals surface area (Å²) in [6.07, 6.45) is 0. The number of carboxylic acids is 1. The Morgan fingerprint density at radius 1 is 1.14 bits per heavy atom. The lowest BCUT2D eigenvalue weighted by Crippen LogP contribution is -2.24. The zero-order chi connectivity index (χ0) is 15.4. The number of benzene rings is 2. The van der Waals surface area contributed by atoms with Crippen LogP contribution >= 0.6 is 0 Å². The Morgan fingerprint density at radius 2 is 1.81 bits per heavy atom. The molecule has 108 valence electrons. The van der Waals surface area contributed by atoms with E-state index in [0.29, 0.717) is 0 Å². The van der Waals surface area contributed by atoms with Crippen molar-refractivity contribution in [2.75, 3.05) is 5.73 Å². The van der Waals surface area contributed by atoms with Gasteiger partial charge in [-0.2, -0.15) is 0 Å². The number of hydrogen-bond donors (Lipinski definition) is 3. The van der Waals surface area contributed by atoms with Crippen molar-refractivity contribution in [1.29, 1.82) is 0 Å². The Morgan fingerprint density at radius 3 is 2.43 bits per heavy atom. The number of nitrogen functional groups attached to an aromatic ring is 1. The number of amides is 1. The Kier molecular flexibility index (Phi) is 4.18. The largest absolute Gasteiger partial charge is 0.478 e. The number of para-hydroxylation sites is 1. The second kappa shape index (κ2) is 6.04. The third-order valence-corrected chi connectivity index (χ3v) is 2.95. The fraction of sp³-hybridized carbons (Fsp3) is 0.0667. The van der Waals surface area contributed by atoms with Crippen molar-refractivity contribution in [3.8, 4) is 0 Å². The van der Waals surface area contributed by atoms with Gasteiger partial charge >= 0.3 is 5.97 Å². The van der Waals surface area contributed by atoms with Gasteiger partial charge in [0, 0.05) is 6.54 Å². The van der Waals surface area contributed by atoms with Crippen LogP contribution in [-0.2, 0) is 6.54 Å². The van der Waals surface area contributed by atoms with Crippen LogP contribution in [0.4, 0.5) is 10.1 Å². The summed E-state index contributed by atoms with van der Waals surface area (Å²) in [5, 5.41) is 11.4. The lowest BCUT2D eigenvalue weighted by molar-refractivity contribution is 0.0696. The van der Waals surface area contributed by atoms with Gasteiger partial charge in [-0.15, -0.1) is 0 Å². The van der Waals surface area contributed by atoms with Crippen LogP contribution in [-0.4, -0.2) is 17.0 Å².